The van der Waals surface area contributed by atoms with E-state index in [1.54, 1.807) is 0 Å². The Bertz CT molecular complexity index is 941. The van der Waals surface area contributed by atoms with Crippen LogP contribution in [-0.2, 0) is 22.4 Å². The summed E-state index contributed by atoms with van der Waals surface area (Å²) < 4.78 is 0. The van der Waals surface area contributed by atoms with Crippen molar-refractivity contribution in [3.8, 4) is 0 Å². The predicted octanol–water partition coefficient (Wildman–Crippen LogP) is 4.21. The first-order valence-electron chi connectivity index (χ1n) is 9.48. The fraction of sp³-hybridized carbons (Fsp3) is 0.250. The normalized spacial score (nSPS) is 14.3. The van der Waals surface area contributed by atoms with Gasteiger partial charge in [0.25, 0.3) is 0 Å². The summed E-state index contributed by atoms with van der Waals surface area (Å²) in [4.78, 5) is 25.1. The largest absolute Gasteiger partial charge is 0.383 e. The molecule has 0 aromatic heterocycles. The van der Waals surface area contributed by atoms with E-state index in [2.05, 4.69) is 29.6 Å². The van der Waals surface area contributed by atoms with Gasteiger partial charge in [0, 0.05) is 32.4 Å². The highest BCUT2D eigenvalue weighted by atomic mass is 16.1. The second kappa shape index (κ2) is 8.70. The van der Waals surface area contributed by atoms with E-state index in [9.17, 15) is 9.59 Å². The number of aldehydes is 1. The third kappa shape index (κ3) is 4.77. The zero-order chi connectivity index (χ0) is 20.1. The summed E-state index contributed by atoms with van der Waals surface area (Å²) in [6, 6.07) is 14.5. The van der Waals surface area contributed by atoms with Gasteiger partial charge in [-0.25, -0.2) is 0 Å². The summed E-state index contributed by atoms with van der Waals surface area (Å²) in [6.07, 6.45) is 6.80. The van der Waals surface area contributed by atoms with Gasteiger partial charge in [-0.05, 0) is 71.4 Å². The summed E-state index contributed by atoms with van der Waals surface area (Å²) in [5, 5.41) is 3.00. The standard InChI is InChI=1S/C24H26N2O2/c1-17(16-27)11-21(15-26(2)3)22-13-19-9-10-24(28)25-23(19)14-20(22)12-18-7-5-4-6-8-18/h4-8,11,13-16H,9-10,12H2,1-3H3,(H,25,28)/b17-11-,21-15+. The van der Waals surface area contributed by atoms with Crippen molar-refractivity contribution in [2.75, 3.05) is 19.4 Å². The number of amides is 1. The molecule has 1 amide bonds. The smallest absolute Gasteiger partial charge is 0.224 e. The van der Waals surface area contributed by atoms with Gasteiger partial charge in [-0.15, -0.1) is 0 Å². The molecule has 0 spiro atoms. The van der Waals surface area contributed by atoms with Gasteiger partial charge in [0.15, 0.2) is 0 Å². The van der Waals surface area contributed by atoms with Crippen LogP contribution in [0.1, 0.15) is 35.6 Å². The maximum atomic E-state index is 11.9. The molecule has 1 heterocycles. The van der Waals surface area contributed by atoms with Crippen LogP contribution in [0.5, 0.6) is 0 Å². The highest BCUT2D eigenvalue weighted by Crippen LogP contribution is 2.32. The molecule has 0 unspecified atom stereocenters. The minimum absolute atomic E-state index is 0.0617. The van der Waals surface area contributed by atoms with Crippen LogP contribution in [0.2, 0.25) is 0 Å². The van der Waals surface area contributed by atoms with E-state index in [0.717, 1.165) is 47.1 Å². The van der Waals surface area contributed by atoms with Gasteiger partial charge in [0.05, 0.1) is 0 Å². The molecule has 1 aliphatic rings. The van der Waals surface area contributed by atoms with Crippen LogP contribution in [0.3, 0.4) is 0 Å². The molecule has 0 radical (unpaired) electrons. The van der Waals surface area contributed by atoms with Crippen molar-refractivity contribution >= 4 is 23.5 Å². The van der Waals surface area contributed by atoms with Crippen LogP contribution in [0, 0.1) is 0 Å². The van der Waals surface area contributed by atoms with Crippen LogP contribution in [0.4, 0.5) is 5.69 Å². The highest BCUT2D eigenvalue weighted by Gasteiger charge is 2.19. The van der Waals surface area contributed by atoms with Crippen molar-refractivity contribution in [2.45, 2.75) is 26.2 Å². The first kappa shape index (κ1) is 19.6. The molecular formula is C24H26N2O2. The number of hydrogen-bond acceptors (Lipinski definition) is 3. The Labute approximate surface area is 166 Å². The fourth-order valence-corrected chi connectivity index (χ4v) is 3.45. The van der Waals surface area contributed by atoms with Crippen LogP contribution in [0.15, 0.2) is 60.3 Å². The molecule has 1 aliphatic heterocycles. The Hall–Kier alpha value is -3.14. The van der Waals surface area contributed by atoms with Gasteiger partial charge in [0.1, 0.15) is 6.29 Å². The lowest BCUT2D eigenvalue weighted by atomic mass is 9.89. The Kier molecular flexibility index (Phi) is 6.09. The molecule has 1 N–H and O–H groups in total. The molecule has 0 aliphatic carbocycles. The van der Waals surface area contributed by atoms with Gasteiger partial charge in [-0.2, -0.15) is 0 Å². The second-order valence-corrected chi connectivity index (χ2v) is 7.43. The molecule has 0 saturated carbocycles. The number of carbonyl (C=O) groups is 2. The molecule has 2 aromatic rings. The summed E-state index contributed by atoms with van der Waals surface area (Å²) in [7, 11) is 3.94. The minimum Gasteiger partial charge on any atom is -0.383 e. The third-order valence-electron chi connectivity index (χ3n) is 4.74. The lowest BCUT2D eigenvalue weighted by Crippen LogP contribution is -2.19. The second-order valence-electron chi connectivity index (χ2n) is 7.43. The van der Waals surface area contributed by atoms with Crippen molar-refractivity contribution in [2.24, 2.45) is 0 Å². The van der Waals surface area contributed by atoms with Gasteiger partial charge in [0.2, 0.25) is 5.91 Å². The quantitative estimate of drug-likeness (QED) is 0.468. The molecule has 3 rings (SSSR count). The molecule has 144 valence electrons. The fourth-order valence-electron chi connectivity index (χ4n) is 3.45. The van der Waals surface area contributed by atoms with Crippen molar-refractivity contribution in [1.29, 1.82) is 0 Å². The maximum absolute atomic E-state index is 11.9. The average Bonchev–Trinajstić information content (AvgIpc) is 2.67. The van der Waals surface area contributed by atoms with Crippen molar-refractivity contribution in [3.63, 3.8) is 0 Å². The number of allylic oxidation sites excluding steroid dienone is 3. The van der Waals surface area contributed by atoms with E-state index in [-0.39, 0.29) is 5.91 Å². The Morgan fingerprint density at radius 2 is 1.89 bits per heavy atom. The van der Waals surface area contributed by atoms with Crippen molar-refractivity contribution in [1.82, 2.24) is 4.90 Å². The monoisotopic (exact) mass is 374 g/mol. The number of aryl methyl sites for hydroxylation is 1. The predicted molar refractivity (Wildman–Crippen MR) is 114 cm³/mol. The molecular weight excluding hydrogens is 348 g/mol. The van der Waals surface area contributed by atoms with E-state index in [0.29, 0.717) is 12.0 Å². The van der Waals surface area contributed by atoms with Gasteiger partial charge >= 0.3 is 0 Å². The Morgan fingerprint density at radius 3 is 2.57 bits per heavy atom. The Morgan fingerprint density at radius 1 is 1.14 bits per heavy atom. The van der Waals surface area contributed by atoms with Crippen LogP contribution in [-0.4, -0.2) is 31.2 Å². The maximum Gasteiger partial charge on any atom is 0.224 e. The lowest BCUT2D eigenvalue weighted by Gasteiger charge is -2.22. The molecule has 2 aromatic carbocycles. The van der Waals surface area contributed by atoms with Crippen molar-refractivity contribution < 1.29 is 9.59 Å². The topological polar surface area (TPSA) is 49.4 Å². The SMILES string of the molecule is C/C(C=O)=C/C(=C\N(C)C)c1cc2c(cc1Cc1ccccc1)NC(=O)CC2. The average molecular weight is 374 g/mol. The number of benzene rings is 2. The molecule has 4 nitrogen and oxygen atoms in total. The van der Waals surface area contributed by atoms with E-state index < -0.39 is 0 Å². The lowest BCUT2D eigenvalue weighted by molar-refractivity contribution is -0.116. The molecule has 0 bridgehead atoms. The summed E-state index contributed by atoms with van der Waals surface area (Å²) >= 11 is 0. The number of hydrogen-bond donors (Lipinski definition) is 1. The number of nitrogens with one attached hydrogen (secondary N) is 1. The van der Waals surface area contributed by atoms with Crippen molar-refractivity contribution in [3.05, 3.63) is 82.6 Å². The first-order chi connectivity index (χ1) is 13.5. The number of fused-ring (bicyclic) bond motifs is 1. The number of rotatable bonds is 6. The zero-order valence-electron chi connectivity index (χ0n) is 16.7. The van der Waals surface area contributed by atoms with Gasteiger partial charge in [-0.1, -0.05) is 30.3 Å². The summed E-state index contributed by atoms with van der Waals surface area (Å²) in [5.41, 5.74) is 7.10. The van der Waals surface area contributed by atoms with Gasteiger partial charge in [-0.3, -0.25) is 9.59 Å². The van der Waals surface area contributed by atoms with Crippen LogP contribution < -0.4 is 5.32 Å². The number of anilines is 1. The van der Waals surface area contributed by atoms with E-state index in [1.807, 2.05) is 56.4 Å². The first-order valence-corrected chi connectivity index (χ1v) is 9.48. The minimum atomic E-state index is 0.0617. The molecule has 0 fully saturated rings. The van der Waals surface area contributed by atoms with E-state index >= 15 is 0 Å². The van der Waals surface area contributed by atoms with Gasteiger partial charge < -0.3 is 10.2 Å². The number of nitrogens with zero attached hydrogens (tertiary/aromatic N) is 1. The summed E-state index contributed by atoms with van der Waals surface area (Å²) in [6.45, 7) is 1.81. The van der Waals surface area contributed by atoms with Crippen LogP contribution >= 0.6 is 0 Å². The molecule has 4 heteroatoms. The molecule has 0 saturated heterocycles. The third-order valence-corrected chi connectivity index (χ3v) is 4.74. The molecule has 28 heavy (non-hydrogen) atoms. The molecule has 0 atom stereocenters. The Balaban J connectivity index is 2.16. The van der Waals surface area contributed by atoms with Crippen LogP contribution in [0.25, 0.3) is 5.57 Å². The summed E-state index contributed by atoms with van der Waals surface area (Å²) in [5.74, 6) is 0.0617. The van der Waals surface area contributed by atoms with E-state index in [1.165, 1.54) is 5.56 Å². The van der Waals surface area contributed by atoms with E-state index in [4.69, 9.17) is 0 Å². The highest BCUT2D eigenvalue weighted by molar-refractivity contribution is 5.95. The zero-order valence-corrected chi connectivity index (χ0v) is 16.7. The number of carbonyl (C=O) groups excluding carboxylic acids is 2.